The highest BCUT2D eigenvalue weighted by atomic mass is 15.3. The van der Waals surface area contributed by atoms with Crippen LogP contribution >= 0.6 is 0 Å². The van der Waals surface area contributed by atoms with Gasteiger partial charge in [0.2, 0.25) is 0 Å². The maximum Gasteiger partial charge on any atom is 0.0722 e. The van der Waals surface area contributed by atoms with E-state index in [1.165, 1.54) is 36.9 Å². The lowest BCUT2D eigenvalue weighted by Crippen LogP contribution is -2.49. The SMILES string of the molecule is CN(C)C1(CNCc2cn(C)nc2C(C)(C)C)CCCC1. The average molecular weight is 292 g/mol. The number of nitrogens with one attached hydrogen (secondary N) is 1. The minimum absolute atomic E-state index is 0.102. The van der Waals surface area contributed by atoms with Crippen molar-refractivity contribution in [3.63, 3.8) is 0 Å². The van der Waals surface area contributed by atoms with Crippen molar-refractivity contribution in [2.75, 3.05) is 20.6 Å². The molecule has 1 aromatic heterocycles. The lowest BCUT2D eigenvalue weighted by Gasteiger charge is -2.36. The Labute approximate surface area is 129 Å². The maximum absolute atomic E-state index is 4.65. The molecule has 1 fully saturated rings. The van der Waals surface area contributed by atoms with Crippen molar-refractivity contribution in [1.29, 1.82) is 0 Å². The highest BCUT2D eigenvalue weighted by molar-refractivity contribution is 5.24. The molecule has 4 nitrogen and oxygen atoms in total. The fourth-order valence-electron chi connectivity index (χ4n) is 3.54. The Kier molecular flexibility index (Phi) is 4.79. The number of aromatic nitrogens is 2. The number of rotatable bonds is 5. The largest absolute Gasteiger partial charge is 0.311 e. The molecule has 120 valence electrons. The molecular weight excluding hydrogens is 260 g/mol. The second kappa shape index (κ2) is 6.09. The Hall–Kier alpha value is -0.870. The number of nitrogens with zero attached hydrogens (tertiary/aromatic N) is 3. The molecule has 4 heteroatoms. The predicted octanol–water partition coefficient (Wildman–Crippen LogP) is 2.68. The van der Waals surface area contributed by atoms with Crippen LogP contribution in [0.5, 0.6) is 0 Å². The van der Waals surface area contributed by atoms with E-state index in [0.29, 0.717) is 5.54 Å². The van der Waals surface area contributed by atoms with Gasteiger partial charge in [-0.25, -0.2) is 0 Å². The zero-order valence-electron chi connectivity index (χ0n) is 14.7. The van der Waals surface area contributed by atoms with Crippen molar-refractivity contribution < 1.29 is 0 Å². The van der Waals surface area contributed by atoms with Crippen LogP contribution in [0.15, 0.2) is 6.20 Å². The zero-order valence-corrected chi connectivity index (χ0v) is 14.7. The van der Waals surface area contributed by atoms with Gasteiger partial charge >= 0.3 is 0 Å². The third kappa shape index (κ3) is 3.67. The first-order chi connectivity index (χ1) is 9.74. The van der Waals surface area contributed by atoms with E-state index in [2.05, 4.69) is 56.4 Å². The summed E-state index contributed by atoms with van der Waals surface area (Å²) in [5.74, 6) is 0. The van der Waals surface area contributed by atoms with Crippen LogP contribution in [0.1, 0.15) is 57.7 Å². The Morgan fingerprint density at radius 2 is 1.90 bits per heavy atom. The molecule has 1 aliphatic rings. The summed E-state index contributed by atoms with van der Waals surface area (Å²) >= 11 is 0. The fourth-order valence-corrected chi connectivity index (χ4v) is 3.54. The van der Waals surface area contributed by atoms with Gasteiger partial charge < -0.3 is 10.2 Å². The van der Waals surface area contributed by atoms with Crippen LogP contribution in [-0.2, 0) is 19.0 Å². The van der Waals surface area contributed by atoms with Crippen molar-refractivity contribution in [2.45, 2.75) is 64.0 Å². The first-order valence-electron chi connectivity index (χ1n) is 8.16. The van der Waals surface area contributed by atoms with E-state index in [1.807, 2.05) is 11.7 Å². The van der Waals surface area contributed by atoms with E-state index in [-0.39, 0.29) is 5.41 Å². The second-order valence-corrected chi connectivity index (χ2v) is 7.86. The summed E-state index contributed by atoms with van der Waals surface area (Å²) in [4.78, 5) is 2.42. The summed E-state index contributed by atoms with van der Waals surface area (Å²) in [6.07, 6.45) is 7.50. The van der Waals surface area contributed by atoms with Crippen LogP contribution < -0.4 is 5.32 Å². The average Bonchev–Trinajstić information content (AvgIpc) is 2.96. The lowest BCUT2D eigenvalue weighted by atomic mass is 9.89. The van der Waals surface area contributed by atoms with Crippen molar-refractivity contribution in [2.24, 2.45) is 7.05 Å². The molecule has 0 amide bonds. The molecule has 1 heterocycles. The van der Waals surface area contributed by atoms with Crippen molar-refractivity contribution >= 4 is 0 Å². The summed E-state index contributed by atoms with van der Waals surface area (Å²) in [7, 11) is 6.45. The molecule has 0 spiro atoms. The van der Waals surface area contributed by atoms with E-state index in [0.717, 1.165) is 13.1 Å². The summed E-state index contributed by atoms with van der Waals surface area (Å²) in [6, 6.07) is 0. The predicted molar refractivity (Wildman–Crippen MR) is 88.5 cm³/mol. The van der Waals surface area contributed by atoms with Gasteiger partial charge in [-0.2, -0.15) is 5.10 Å². The number of aryl methyl sites for hydroxylation is 1. The van der Waals surface area contributed by atoms with Gasteiger partial charge in [-0.15, -0.1) is 0 Å². The molecule has 2 rings (SSSR count). The van der Waals surface area contributed by atoms with E-state index >= 15 is 0 Å². The van der Waals surface area contributed by atoms with Crippen molar-refractivity contribution in [3.05, 3.63) is 17.5 Å². The summed E-state index contributed by atoms with van der Waals surface area (Å²) < 4.78 is 1.94. The Balaban J connectivity index is 2.01. The molecule has 1 N–H and O–H groups in total. The van der Waals surface area contributed by atoms with Crippen LogP contribution in [-0.4, -0.2) is 40.9 Å². The third-order valence-electron chi connectivity index (χ3n) is 4.87. The summed E-state index contributed by atoms with van der Waals surface area (Å²) in [6.45, 7) is 8.68. The molecule has 0 unspecified atom stereocenters. The van der Waals surface area contributed by atoms with Gasteiger partial charge in [-0.3, -0.25) is 4.68 Å². The summed E-state index contributed by atoms with van der Waals surface area (Å²) in [5, 5.41) is 8.35. The number of hydrogen-bond acceptors (Lipinski definition) is 3. The van der Waals surface area contributed by atoms with Gasteiger partial charge in [0.05, 0.1) is 5.69 Å². The Morgan fingerprint density at radius 3 is 2.43 bits per heavy atom. The van der Waals surface area contributed by atoms with Crippen molar-refractivity contribution in [3.8, 4) is 0 Å². The highest BCUT2D eigenvalue weighted by Crippen LogP contribution is 2.33. The van der Waals surface area contributed by atoms with Gasteiger partial charge in [0.15, 0.2) is 0 Å². The third-order valence-corrected chi connectivity index (χ3v) is 4.87. The summed E-state index contributed by atoms with van der Waals surface area (Å²) in [5.41, 5.74) is 2.99. The molecule has 1 aliphatic carbocycles. The second-order valence-electron chi connectivity index (χ2n) is 7.86. The normalized spacial score (nSPS) is 18.6. The van der Waals surface area contributed by atoms with Crippen LogP contribution in [0.25, 0.3) is 0 Å². The van der Waals surface area contributed by atoms with E-state index in [1.54, 1.807) is 0 Å². The molecule has 1 saturated carbocycles. The Bertz CT molecular complexity index is 462. The quantitative estimate of drug-likeness (QED) is 0.906. The zero-order chi connectivity index (χ0) is 15.7. The van der Waals surface area contributed by atoms with Gasteiger partial charge in [0.1, 0.15) is 0 Å². The smallest absolute Gasteiger partial charge is 0.0722 e. The number of hydrogen-bond donors (Lipinski definition) is 1. The monoisotopic (exact) mass is 292 g/mol. The molecule has 0 bridgehead atoms. The maximum atomic E-state index is 4.65. The van der Waals surface area contributed by atoms with E-state index < -0.39 is 0 Å². The van der Waals surface area contributed by atoms with Crippen LogP contribution in [0.2, 0.25) is 0 Å². The van der Waals surface area contributed by atoms with Gasteiger partial charge in [0.25, 0.3) is 0 Å². The molecule has 21 heavy (non-hydrogen) atoms. The van der Waals surface area contributed by atoms with Crippen molar-refractivity contribution in [1.82, 2.24) is 20.0 Å². The molecule has 0 saturated heterocycles. The van der Waals surface area contributed by atoms with Gasteiger partial charge in [-0.1, -0.05) is 33.6 Å². The molecule has 1 aromatic rings. The van der Waals surface area contributed by atoms with Gasteiger partial charge in [-0.05, 0) is 26.9 Å². The molecular formula is C17H32N4. The van der Waals surface area contributed by atoms with Crippen LogP contribution in [0.4, 0.5) is 0 Å². The lowest BCUT2D eigenvalue weighted by molar-refractivity contribution is 0.153. The minimum atomic E-state index is 0.102. The Morgan fingerprint density at radius 1 is 1.29 bits per heavy atom. The molecule has 0 radical (unpaired) electrons. The fraction of sp³-hybridized carbons (Fsp3) is 0.824. The van der Waals surface area contributed by atoms with Crippen LogP contribution in [0, 0.1) is 0 Å². The number of likely N-dealkylation sites (N-methyl/N-ethyl adjacent to an activating group) is 1. The first-order valence-corrected chi connectivity index (χ1v) is 8.16. The topological polar surface area (TPSA) is 33.1 Å². The van der Waals surface area contributed by atoms with Crippen LogP contribution in [0.3, 0.4) is 0 Å². The van der Waals surface area contributed by atoms with E-state index in [4.69, 9.17) is 0 Å². The minimum Gasteiger partial charge on any atom is -0.311 e. The highest BCUT2D eigenvalue weighted by Gasteiger charge is 2.35. The standard InChI is InChI=1S/C17H32N4/c1-16(2,3)15-14(12-21(6)19-15)11-18-13-17(20(4)5)9-7-8-10-17/h12,18H,7-11,13H2,1-6H3. The molecule has 0 aromatic carbocycles. The molecule has 0 atom stereocenters. The van der Waals surface area contributed by atoms with E-state index in [9.17, 15) is 0 Å². The first kappa shape index (κ1) is 16.5. The molecule has 0 aliphatic heterocycles. The van der Waals surface area contributed by atoms with Gasteiger partial charge in [0, 0.05) is 42.9 Å².